The molecule has 5 nitrogen and oxygen atoms in total. The predicted octanol–water partition coefficient (Wildman–Crippen LogP) is 1.16. The lowest BCUT2D eigenvalue weighted by Gasteiger charge is -2.35. The number of nitrogens with one attached hydrogen (secondary N) is 1. The van der Waals surface area contributed by atoms with Crippen LogP contribution in [0.2, 0.25) is 0 Å². The van der Waals surface area contributed by atoms with E-state index in [9.17, 15) is 15.3 Å². The van der Waals surface area contributed by atoms with E-state index in [0.717, 1.165) is 32.6 Å². The van der Waals surface area contributed by atoms with Crippen molar-refractivity contribution in [1.29, 1.82) is 0 Å². The molecule has 1 aromatic rings. The van der Waals surface area contributed by atoms with Gasteiger partial charge in [-0.3, -0.25) is 4.90 Å². The van der Waals surface area contributed by atoms with Crippen LogP contribution in [0.1, 0.15) is 24.9 Å². The summed E-state index contributed by atoms with van der Waals surface area (Å²) >= 11 is 0. The Morgan fingerprint density at radius 3 is 2.44 bits per heavy atom. The molecule has 4 N–H and O–H groups in total. The Labute approximate surface area is 107 Å². The first kappa shape index (κ1) is 13.0. The molecule has 2 rings (SSSR count). The molecular formula is C13H20N2O3. The zero-order valence-corrected chi connectivity index (χ0v) is 10.6. The lowest BCUT2D eigenvalue weighted by Crippen LogP contribution is -2.45. The first-order valence-electron chi connectivity index (χ1n) is 6.33. The largest absolute Gasteiger partial charge is 0.504 e. The molecule has 0 saturated carbocycles. The van der Waals surface area contributed by atoms with E-state index >= 15 is 0 Å². The van der Waals surface area contributed by atoms with Crippen molar-refractivity contribution in [3.63, 3.8) is 0 Å². The van der Waals surface area contributed by atoms with Crippen LogP contribution in [0.3, 0.4) is 0 Å². The van der Waals surface area contributed by atoms with Gasteiger partial charge in [-0.2, -0.15) is 0 Å². The molecule has 1 atom stereocenters. The van der Waals surface area contributed by atoms with Crippen molar-refractivity contribution >= 4 is 0 Å². The monoisotopic (exact) mass is 252 g/mol. The number of nitrogens with zero attached hydrogens (tertiary/aromatic N) is 1. The van der Waals surface area contributed by atoms with Gasteiger partial charge in [-0.05, 0) is 18.6 Å². The maximum atomic E-state index is 9.96. The number of hydrogen-bond acceptors (Lipinski definition) is 5. The normalized spacial score (nSPS) is 18.7. The highest BCUT2D eigenvalue weighted by Gasteiger charge is 2.24. The number of hydrogen-bond donors (Lipinski definition) is 4. The molecule has 0 radical (unpaired) electrons. The maximum absolute atomic E-state index is 9.96. The van der Waals surface area contributed by atoms with Crippen LogP contribution >= 0.6 is 0 Å². The van der Waals surface area contributed by atoms with E-state index in [1.807, 2.05) is 0 Å². The maximum Gasteiger partial charge on any atom is 0.200 e. The van der Waals surface area contributed by atoms with Crippen molar-refractivity contribution in [3.05, 3.63) is 17.7 Å². The zero-order chi connectivity index (χ0) is 13.1. The third kappa shape index (κ3) is 2.37. The number of piperazine rings is 1. The van der Waals surface area contributed by atoms with Crippen LogP contribution in [-0.4, -0.2) is 46.4 Å². The fourth-order valence-electron chi connectivity index (χ4n) is 2.52. The molecule has 0 spiro atoms. The smallest absolute Gasteiger partial charge is 0.200 e. The molecule has 0 aromatic heterocycles. The van der Waals surface area contributed by atoms with E-state index in [2.05, 4.69) is 17.1 Å². The second kappa shape index (κ2) is 5.46. The van der Waals surface area contributed by atoms with Crippen molar-refractivity contribution in [3.8, 4) is 17.2 Å². The van der Waals surface area contributed by atoms with Crippen molar-refractivity contribution in [1.82, 2.24) is 10.2 Å². The Morgan fingerprint density at radius 1 is 1.17 bits per heavy atom. The topological polar surface area (TPSA) is 76.0 Å². The van der Waals surface area contributed by atoms with Gasteiger partial charge in [0.2, 0.25) is 5.75 Å². The van der Waals surface area contributed by atoms with Gasteiger partial charge >= 0.3 is 0 Å². The molecule has 0 aliphatic carbocycles. The molecule has 1 aromatic carbocycles. The summed E-state index contributed by atoms with van der Waals surface area (Å²) < 4.78 is 0. The average molecular weight is 252 g/mol. The summed E-state index contributed by atoms with van der Waals surface area (Å²) in [5.74, 6) is -0.923. The van der Waals surface area contributed by atoms with Gasteiger partial charge in [0.25, 0.3) is 0 Å². The van der Waals surface area contributed by atoms with Gasteiger partial charge in [-0.15, -0.1) is 0 Å². The summed E-state index contributed by atoms with van der Waals surface area (Å²) in [4.78, 5) is 2.28. The molecule has 0 unspecified atom stereocenters. The van der Waals surface area contributed by atoms with Crippen LogP contribution in [0.5, 0.6) is 17.2 Å². The molecular weight excluding hydrogens is 232 g/mol. The summed E-state index contributed by atoms with van der Waals surface area (Å²) in [6.07, 6.45) is 0.845. The minimum Gasteiger partial charge on any atom is -0.504 e. The van der Waals surface area contributed by atoms with Gasteiger partial charge in [0.1, 0.15) is 0 Å². The SMILES string of the molecule is CC[C@@H](c1ccc(O)c(O)c1O)N1CCNCC1. The molecule has 1 fully saturated rings. The first-order valence-corrected chi connectivity index (χ1v) is 6.33. The first-order chi connectivity index (χ1) is 8.65. The molecule has 1 heterocycles. The average Bonchev–Trinajstić information content (AvgIpc) is 2.41. The van der Waals surface area contributed by atoms with E-state index in [1.54, 1.807) is 6.07 Å². The lowest BCUT2D eigenvalue weighted by molar-refractivity contribution is 0.166. The zero-order valence-electron chi connectivity index (χ0n) is 10.6. The van der Waals surface area contributed by atoms with Crippen LogP contribution in [0.4, 0.5) is 0 Å². The third-order valence-corrected chi connectivity index (χ3v) is 3.50. The Kier molecular flexibility index (Phi) is 3.93. The van der Waals surface area contributed by atoms with Crippen LogP contribution in [0.25, 0.3) is 0 Å². The summed E-state index contributed by atoms with van der Waals surface area (Å²) in [6, 6.07) is 3.18. The van der Waals surface area contributed by atoms with E-state index in [0.29, 0.717) is 5.56 Å². The predicted molar refractivity (Wildman–Crippen MR) is 68.9 cm³/mol. The Balaban J connectivity index is 2.29. The second-order valence-corrected chi connectivity index (χ2v) is 4.58. The molecule has 1 aliphatic rings. The Morgan fingerprint density at radius 2 is 1.83 bits per heavy atom. The molecule has 1 saturated heterocycles. The standard InChI is InChI=1S/C13H20N2O3/c1-2-10(15-7-5-14-6-8-15)9-3-4-11(16)13(18)12(9)17/h3-4,10,14,16-18H,2,5-8H2,1H3/t10-/m0/s1. The fraction of sp³-hybridized carbons (Fsp3) is 0.538. The number of phenols is 3. The van der Waals surface area contributed by atoms with E-state index in [1.165, 1.54) is 6.07 Å². The van der Waals surface area contributed by atoms with Gasteiger partial charge in [-0.1, -0.05) is 6.92 Å². The summed E-state index contributed by atoms with van der Waals surface area (Å²) in [6.45, 7) is 5.75. The van der Waals surface area contributed by atoms with E-state index < -0.39 is 5.75 Å². The van der Waals surface area contributed by atoms with Crippen LogP contribution in [0, 0.1) is 0 Å². The van der Waals surface area contributed by atoms with Crippen molar-refractivity contribution < 1.29 is 15.3 Å². The third-order valence-electron chi connectivity index (χ3n) is 3.50. The van der Waals surface area contributed by atoms with Gasteiger partial charge < -0.3 is 20.6 Å². The number of aromatic hydroxyl groups is 3. The number of rotatable bonds is 3. The highest BCUT2D eigenvalue weighted by molar-refractivity contribution is 5.54. The van der Waals surface area contributed by atoms with Crippen molar-refractivity contribution in [2.75, 3.05) is 26.2 Å². The Bertz CT molecular complexity index is 417. The Hall–Kier alpha value is -1.46. The van der Waals surface area contributed by atoms with Crippen LogP contribution in [0.15, 0.2) is 12.1 Å². The van der Waals surface area contributed by atoms with Crippen LogP contribution < -0.4 is 5.32 Å². The van der Waals surface area contributed by atoms with Gasteiger partial charge in [-0.25, -0.2) is 0 Å². The highest BCUT2D eigenvalue weighted by atomic mass is 16.3. The molecule has 5 heteroatoms. The summed E-state index contributed by atoms with van der Waals surface area (Å²) in [7, 11) is 0. The lowest BCUT2D eigenvalue weighted by atomic mass is 10.00. The minimum atomic E-state index is -0.430. The van der Waals surface area contributed by atoms with Gasteiger partial charge in [0.15, 0.2) is 11.5 Å². The minimum absolute atomic E-state index is 0.0681. The van der Waals surface area contributed by atoms with E-state index in [-0.39, 0.29) is 17.5 Å². The molecule has 18 heavy (non-hydrogen) atoms. The molecule has 100 valence electrons. The molecule has 0 amide bonds. The summed E-state index contributed by atoms with van der Waals surface area (Å²) in [5.41, 5.74) is 0.676. The van der Waals surface area contributed by atoms with Crippen LogP contribution in [-0.2, 0) is 0 Å². The second-order valence-electron chi connectivity index (χ2n) is 4.58. The highest BCUT2D eigenvalue weighted by Crippen LogP contribution is 2.42. The fourth-order valence-corrected chi connectivity index (χ4v) is 2.52. The number of benzene rings is 1. The van der Waals surface area contributed by atoms with E-state index in [4.69, 9.17) is 0 Å². The van der Waals surface area contributed by atoms with Crippen molar-refractivity contribution in [2.24, 2.45) is 0 Å². The molecule has 0 bridgehead atoms. The number of phenolic OH excluding ortho intramolecular Hbond substituents is 3. The van der Waals surface area contributed by atoms with Gasteiger partial charge in [0, 0.05) is 37.8 Å². The molecule has 1 aliphatic heterocycles. The van der Waals surface area contributed by atoms with Crippen molar-refractivity contribution in [2.45, 2.75) is 19.4 Å². The van der Waals surface area contributed by atoms with Gasteiger partial charge in [0.05, 0.1) is 0 Å². The summed E-state index contributed by atoms with van der Waals surface area (Å²) in [5, 5.41) is 32.2. The quantitative estimate of drug-likeness (QED) is 0.607.